The molecule has 0 spiro atoms. The average molecular weight is 170 g/mol. The Labute approximate surface area is 76.1 Å². The third kappa shape index (κ3) is 2.20. The van der Waals surface area contributed by atoms with Gasteiger partial charge in [0.1, 0.15) is 0 Å². The molecular formula is C10H22N2. The summed E-state index contributed by atoms with van der Waals surface area (Å²) < 4.78 is 0. The number of likely N-dealkylation sites (tertiary alicyclic amines) is 1. The van der Waals surface area contributed by atoms with E-state index in [0.717, 1.165) is 18.4 Å². The second kappa shape index (κ2) is 4.24. The number of nitrogens with zero attached hydrogens (tertiary/aromatic N) is 1. The van der Waals surface area contributed by atoms with Crippen molar-refractivity contribution in [3.05, 3.63) is 0 Å². The van der Waals surface area contributed by atoms with Gasteiger partial charge in [-0.2, -0.15) is 0 Å². The maximum absolute atomic E-state index is 5.69. The molecule has 1 heterocycles. The first-order valence-corrected chi connectivity index (χ1v) is 5.09. The normalized spacial score (nSPS) is 31.8. The molecule has 72 valence electrons. The SMILES string of the molecule is CC(C)CN1CCC(CN)C1C. The predicted octanol–water partition coefficient (Wildman–Crippen LogP) is 1.31. The topological polar surface area (TPSA) is 29.3 Å². The maximum atomic E-state index is 5.69. The van der Waals surface area contributed by atoms with Crippen molar-refractivity contribution in [2.24, 2.45) is 17.6 Å². The Morgan fingerprint density at radius 3 is 2.58 bits per heavy atom. The molecule has 12 heavy (non-hydrogen) atoms. The largest absolute Gasteiger partial charge is 0.330 e. The molecule has 0 saturated carbocycles. The van der Waals surface area contributed by atoms with Gasteiger partial charge in [-0.25, -0.2) is 0 Å². The van der Waals surface area contributed by atoms with Crippen molar-refractivity contribution >= 4 is 0 Å². The van der Waals surface area contributed by atoms with Crippen LogP contribution in [0.1, 0.15) is 27.2 Å². The fourth-order valence-corrected chi connectivity index (χ4v) is 2.12. The van der Waals surface area contributed by atoms with E-state index in [0.29, 0.717) is 6.04 Å². The Balaban J connectivity index is 2.38. The lowest BCUT2D eigenvalue weighted by atomic mass is 10.0. The molecule has 2 nitrogen and oxygen atoms in total. The molecule has 1 aliphatic heterocycles. The van der Waals surface area contributed by atoms with Gasteiger partial charge < -0.3 is 10.6 Å². The third-order valence-corrected chi connectivity index (χ3v) is 2.95. The number of nitrogens with two attached hydrogens (primary N) is 1. The molecule has 0 amide bonds. The molecule has 1 rings (SSSR count). The van der Waals surface area contributed by atoms with E-state index < -0.39 is 0 Å². The summed E-state index contributed by atoms with van der Waals surface area (Å²) in [6.07, 6.45) is 1.30. The standard InChI is InChI=1S/C10H22N2/c1-8(2)7-12-5-4-10(6-11)9(12)3/h8-10H,4-7,11H2,1-3H3. The Morgan fingerprint density at radius 1 is 1.50 bits per heavy atom. The van der Waals surface area contributed by atoms with Crippen molar-refractivity contribution in [3.8, 4) is 0 Å². The van der Waals surface area contributed by atoms with Crippen LogP contribution >= 0.6 is 0 Å². The maximum Gasteiger partial charge on any atom is 0.0108 e. The highest BCUT2D eigenvalue weighted by Crippen LogP contribution is 2.23. The fourth-order valence-electron chi connectivity index (χ4n) is 2.12. The van der Waals surface area contributed by atoms with Crippen LogP contribution < -0.4 is 5.73 Å². The molecule has 0 radical (unpaired) electrons. The molecule has 0 aliphatic carbocycles. The van der Waals surface area contributed by atoms with Crippen molar-refractivity contribution in [1.82, 2.24) is 4.90 Å². The number of hydrogen-bond donors (Lipinski definition) is 1. The monoisotopic (exact) mass is 170 g/mol. The predicted molar refractivity (Wildman–Crippen MR) is 53.0 cm³/mol. The van der Waals surface area contributed by atoms with Crippen molar-refractivity contribution in [1.29, 1.82) is 0 Å². The summed E-state index contributed by atoms with van der Waals surface area (Å²) in [4.78, 5) is 2.57. The smallest absolute Gasteiger partial charge is 0.0108 e. The lowest BCUT2D eigenvalue weighted by molar-refractivity contribution is 0.219. The highest BCUT2D eigenvalue weighted by Gasteiger charge is 2.29. The molecule has 2 heteroatoms. The van der Waals surface area contributed by atoms with E-state index in [9.17, 15) is 0 Å². The van der Waals surface area contributed by atoms with E-state index in [2.05, 4.69) is 25.7 Å². The summed E-state index contributed by atoms with van der Waals surface area (Å²) in [5, 5.41) is 0. The van der Waals surface area contributed by atoms with Crippen molar-refractivity contribution in [2.75, 3.05) is 19.6 Å². The zero-order valence-electron chi connectivity index (χ0n) is 8.59. The van der Waals surface area contributed by atoms with Gasteiger partial charge in [0.05, 0.1) is 0 Å². The van der Waals surface area contributed by atoms with E-state index in [1.807, 2.05) is 0 Å². The highest BCUT2D eigenvalue weighted by molar-refractivity contribution is 4.84. The second-order valence-corrected chi connectivity index (χ2v) is 4.41. The zero-order valence-corrected chi connectivity index (χ0v) is 8.59. The van der Waals surface area contributed by atoms with Crippen LogP contribution in [-0.4, -0.2) is 30.6 Å². The van der Waals surface area contributed by atoms with E-state index in [1.54, 1.807) is 0 Å². The van der Waals surface area contributed by atoms with Crippen LogP contribution in [0.5, 0.6) is 0 Å². The molecule has 0 bridgehead atoms. The van der Waals surface area contributed by atoms with Gasteiger partial charge >= 0.3 is 0 Å². The van der Waals surface area contributed by atoms with E-state index in [1.165, 1.54) is 19.5 Å². The summed E-state index contributed by atoms with van der Waals surface area (Å²) >= 11 is 0. The molecule has 1 fully saturated rings. The van der Waals surface area contributed by atoms with Gasteiger partial charge in [0.2, 0.25) is 0 Å². The van der Waals surface area contributed by atoms with Crippen LogP contribution in [0.4, 0.5) is 0 Å². The van der Waals surface area contributed by atoms with E-state index in [4.69, 9.17) is 5.73 Å². The zero-order chi connectivity index (χ0) is 9.14. The van der Waals surface area contributed by atoms with Gasteiger partial charge in [-0.15, -0.1) is 0 Å². The van der Waals surface area contributed by atoms with Crippen LogP contribution in [0.25, 0.3) is 0 Å². The van der Waals surface area contributed by atoms with Gasteiger partial charge in [0.25, 0.3) is 0 Å². The van der Waals surface area contributed by atoms with Crippen LogP contribution in [0.2, 0.25) is 0 Å². The summed E-state index contributed by atoms with van der Waals surface area (Å²) in [7, 11) is 0. The van der Waals surface area contributed by atoms with Crippen molar-refractivity contribution in [2.45, 2.75) is 33.2 Å². The molecule has 2 N–H and O–H groups in total. The quantitative estimate of drug-likeness (QED) is 0.692. The number of hydrogen-bond acceptors (Lipinski definition) is 2. The summed E-state index contributed by atoms with van der Waals surface area (Å²) in [6, 6.07) is 0.706. The van der Waals surface area contributed by atoms with Crippen LogP contribution in [0.15, 0.2) is 0 Å². The number of rotatable bonds is 3. The Morgan fingerprint density at radius 2 is 2.17 bits per heavy atom. The molecule has 0 aromatic rings. The van der Waals surface area contributed by atoms with E-state index >= 15 is 0 Å². The van der Waals surface area contributed by atoms with Gasteiger partial charge in [0, 0.05) is 12.6 Å². The third-order valence-electron chi connectivity index (χ3n) is 2.95. The molecular weight excluding hydrogens is 148 g/mol. The Bertz CT molecular complexity index is 134. The van der Waals surface area contributed by atoms with Gasteiger partial charge in [0.15, 0.2) is 0 Å². The first-order chi connectivity index (χ1) is 5.65. The van der Waals surface area contributed by atoms with Gasteiger partial charge in [-0.1, -0.05) is 13.8 Å². The molecule has 2 atom stereocenters. The second-order valence-electron chi connectivity index (χ2n) is 4.41. The Hall–Kier alpha value is -0.0800. The summed E-state index contributed by atoms with van der Waals surface area (Å²) in [5.74, 6) is 1.52. The van der Waals surface area contributed by atoms with Crippen molar-refractivity contribution in [3.63, 3.8) is 0 Å². The van der Waals surface area contributed by atoms with E-state index in [-0.39, 0.29) is 0 Å². The van der Waals surface area contributed by atoms with Crippen molar-refractivity contribution < 1.29 is 0 Å². The lowest BCUT2D eigenvalue weighted by Crippen LogP contribution is -2.35. The first-order valence-electron chi connectivity index (χ1n) is 5.09. The minimum absolute atomic E-state index is 0.706. The minimum atomic E-state index is 0.706. The molecule has 2 unspecified atom stereocenters. The molecule has 1 saturated heterocycles. The van der Waals surface area contributed by atoms with Crippen LogP contribution in [0.3, 0.4) is 0 Å². The molecule has 1 aliphatic rings. The Kier molecular flexibility index (Phi) is 3.53. The fraction of sp³-hybridized carbons (Fsp3) is 1.00. The average Bonchev–Trinajstić information content (AvgIpc) is 2.32. The summed E-state index contributed by atoms with van der Waals surface area (Å²) in [6.45, 7) is 10.2. The highest BCUT2D eigenvalue weighted by atomic mass is 15.2. The van der Waals surface area contributed by atoms with Gasteiger partial charge in [-0.05, 0) is 38.3 Å². The van der Waals surface area contributed by atoms with Crippen LogP contribution in [-0.2, 0) is 0 Å². The van der Waals surface area contributed by atoms with Crippen LogP contribution in [0, 0.1) is 11.8 Å². The first kappa shape index (κ1) is 10.0. The lowest BCUT2D eigenvalue weighted by Gasteiger charge is -2.25. The molecule has 0 aromatic heterocycles. The van der Waals surface area contributed by atoms with Gasteiger partial charge in [-0.3, -0.25) is 0 Å². The summed E-state index contributed by atoms with van der Waals surface area (Å²) in [5.41, 5.74) is 5.69. The molecule has 0 aromatic carbocycles. The minimum Gasteiger partial charge on any atom is -0.330 e.